The van der Waals surface area contributed by atoms with Gasteiger partial charge in [0.15, 0.2) is 11.6 Å². The maximum Gasteiger partial charge on any atom is 0.222 e. The quantitative estimate of drug-likeness (QED) is 0.540. The van der Waals surface area contributed by atoms with Gasteiger partial charge in [0.1, 0.15) is 12.0 Å². The summed E-state index contributed by atoms with van der Waals surface area (Å²) in [4.78, 5) is 8.44. The molecule has 10 heteroatoms. The molecule has 9 nitrogen and oxygen atoms in total. The number of tetrazole rings is 1. The second-order valence-electron chi connectivity index (χ2n) is 10.5. The molecule has 1 saturated carbocycles. The molecule has 5 rings (SSSR count). The summed E-state index contributed by atoms with van der Waals surface area (Å²) in [6.45, 7) is 8.61. The molecule has 2 aliphatic rings. The van der Waals surface area contributed by atoms with Crippen LogP contribution in [0.2, 0.25) is 0 Å². The highest BCUT2D eigenvalue weighted by atomic mass is 19.1. The molecular formula is C23H30FN9. The first kappa shape index (κ1) is 21.7. The first-order valence-corrected chi connectivity index (χ1v) is 11.4. The summed E-state index contributed by atoms with van der Waals surface area (Å²) in [5.41, 5.74) is 8.58. The van der Waals surface area contributed by atoms with Gasteiger partial charge in [0, 0.05) is 22.7 Å². The number of nitrogen functional groups attached to an aromatic ring is 1. The third-order valence-electron chi connectivity index (χ3n) is 6.32. The minimum atomic E-state index is -0.514. The van der Waals surface area contributed by atoms with Crippen molar-refractivity contribution in [1.82, 2.24) is 35.5 Å². The van der Waals surface area contributed by atoms with Gasteiger partial charge in [-0.15, -0.1) is 5.10 Å². The molecule has 3 heterocycles. The fraction of sp³-hybridized carbons (Fsp3) is 0.522. The Kier molecular flexibility index (Phi) is 5.08. The molecule has 1 aliphatic heterocycles. The molecule has 1 aliphatic carbocycles. The molecule has 0 bridgehead atoms. The van der Waals surface area contributed by atoms with Crippen LogP contribution in [0.1, 0.15) is 64.9 Å². The van der Waals surface area contributed by atoms with E-state index < -0.39 is 5.82 Å². The summed E-state index contributed by atoms with van der Waals surface area (Å²) in [5, 5.41) is 18.5. The van der Waals surface area contributed by atoms with Crippen LogP contribution in [0.3, 0.4) is 0 Å². The smallest absolute Gasteiger partial charge is 0.222 e. The number of aromatic nitrogens is 6. The summed E-state index contributed by atoms with van der Waals surface area (Å²) in [7, 11) is 0. The predicted molar refractivity (Wildman–Crippen MR) is 124 cm³/mol. The third-order valence-corrected chi connectivity index (χ3v) is 6.32. The fourth-order valence-electron chi connectivity index (χ4n) is 5.27. The van der Waals surface area contributed by atoms with Crippen molar-refractivity contribution >= 4 is 11.8 Å². The molecule has 3 aromatic rings. The van der Waals surface area contributed by atoms with Crippen LogP contribution >= 0.6 is 0 Å². The summed E-state index contributed by atoms with van der Waals surface area (Å²) in [5.74, 6) is 0.116. The zero-order chi connectivity index (χ0) is 23.4. The number of anilines is 2. The Morgan fingerprint density at radius 2 is 1.85 bits per heavy atom. The van der Waals surface area contributed by atoms with Crippen LogP contribution in [0.15, 0.2) is 24.5 Å². The molecule has 1 aromatic carbocycles. The Labute approximate surface area is 192 Å². The highest BCUT2D eigenvalue weighted by molar-refractivity contribution is 5.69. The molecule has 0 spiro atoms. The van der Waals surface area contributed by atoms with Crippen molar-refractivity contribution < 1.29 is 4.39 Å². The second-order valence-corrected chi connectivity index (χ2v) is 10.5. The third kappa shape index (κ3) is 4.52. The molecule has 0 radical (unpaired) electrons. The zero-order valence-electron chi connectivity index (χ0n) is 19.4. The van der Waals surface area contributed by atoms with E-state index in [-0.39, 0.29) is 34.6 Å². The number of nitrogens with one attached hydrogen (secondary N) is 2. The van der Waals surface area contributed by atoms with Crippen molar-refractivity contribution in [2.75, 3.05) is 11.1 Å². The number of halogens is 1. The van der Waals surface area contributed by atoms with Crippen LogP contribution in [0.25, 0.3) is 16.9 Å². The number of hydrogen-bond donors (Lipinski definition) is 3. The topological polar surface area (TPSA) is 119 Å². The van der Waals surface area contributed by atoms with E-state index in [2.05, 4.69) is 63.8 Å². The number of nitrogens with zero attached hydrogens (tertiary/aromatic N) is 6. The van der Waals surface area contributed by atoms with Crippen molar-refractivity contribution in [2.45, 2.75) is 76.4 Å². The lowest BCUT2D eigenvalue weighted by molar-refractivity contribution is 0.170. The lowest BCUT2D eigenvalue weighted by Gasteiger charge is -2.46. The average Bonchev–Trinajstić information content (AvgIpc) is 3.41. The molecule has 174 valence electrons. The number of nitrogens with two attached hydrogens (primary N) is 1. The number of benzene rings is 1. The monoisotopic (exact) mass is 451 g/mol. The first-order valence-electron chi connectivity index (χ1n) is 11.4. The van der Waals surface area contributed by atoms with E-state index in [1.807, 2.05) is 18.2 Å². The lowest BCUT2D eigenvalue weighted by atomic mass is 9.79. The number of rotatable bonds is 5. The largest absolute Gasteiger partial charge is 0.368 e. The standard InChI is InChI=1S/C23H30FN9/c1-22(2)10-15(11-23(3,4)30-22)27-20-18(24)19(28-21(25)29-20)14-7-8-16(13-5-6-13)17(9-14)33-12-26-31-32-33/h7-9,12-13,15,30H,5-6,10-11H2,1-4H3,(H3,25,27,28,29). The molecule has 2 fully saturated rings. The normalized spacial score (nSPS) is 20.0. The minimum absolute atomic E-state index is 0.0246. The van der Waals surface area contributed by atoms with Crippen LogP contribution < -0.4 is 16.4 Å². The van der Waals surface area contributed by atoms with E-state index >= 15 is 4.39 Å². The molecule has 33 heavy (non-hydrogen) atoms. The molecule has 0 amide bonds. The summed E-state index contributed by atoms with van der Waals surface area (Å²) < 4.78 is 17.3. The van der Waals surface area contributed by atoms with E-state index in [1.54, 1.807) is 11.0 Å². The Morgan fingerprint density at radius 3 is 2.48 bits per heavy atom. The van der Waals surface area contributed by atoms with E-state index in [1.165, 1.54) is 0 Å². The van der Waals surface area contributed by atoms with Crippen LogP contribution in [-0.2, 0) is 0 Å². The van der Waals surface area contributed by atoms with Crippen LogP contribution in [-0.4, -0.2) is 47.3 Å². The van der Waals surface area contributed by atoms with Gasteiger partial charge in [0.2, 0.25) is 5.95 Å². The van der Waals surface area contributed by atoms with Gasteiger partial charge in [0.25, 0.3) is 0 Å². The predicted octanol–water partition coefficient (Wildman–Crippen LogP) is 3.44. The molecule has 4 N–H and O–H groups in total. The van der Waals surface area contributed by atoms with Gasteiger partial charge in [-0.1, -0.05) is 12.1 Å². The molecule has 0 unspecified atom stereocenters. The maximum atomic E-state index is 15.7. The van der Waals surface area contributed by atoms with Crippen molar-refractivity contribution in [2.24, 2.45) is 0 Å². The molecule has 0 atom stereocenters. The van der Waals surface area contributed by atoms with Gasteiger partial charge in [-0.05, 0) is 81.4 Å². The average molecular weight is 452 g/mol. The van der Waals surface area contributed by atoms with Gasteiger partial charge >= 0.3 is 0 Å². The Morgan fingerprint density at radius 1 is 1.12 bits per heavy atom. The van der Waals surface area contributed by atoms with Crippen molar-refractivity contribution in [3.63, 3.8) is 0 Å². The molecular weight excluding hydrogens is 421 g/mol. The highest BCUT2D eigenvalue weighted by Gasteiger charge is 2.38. The van der Waals surface area contributed by atoms with Gasteiger partial charge in [-0.3, -0.25) is 0 Å². The molecule has 2 aromatic heterocycles. The van der Waals surface area contributed by atoms with Gasteiger partial charge < -0.3 is 16.4 Å². The van der Waals surface area contributed by atoms with E-state index in [0.29, 0.717) is 11.5 Å². The SMILES string of the molecule is CC1(C)CC(Nc2nc(N)nc(-c3ccc(C4CC4)c(-n4cnnn4)c3)c2F)CC(C)(C)N1. The highest BCUT2D eigenvalue weighted by Crippen LogP contribution is 2.43. The second kappa shape index (κ2) is 7.72. The van der Waals surface area contributed by atoms with Crippen LogP contribution in [0.5, 0.6) is 0 Å². The van der Waals surface area contributed by atoms with Crippen LogP contribution in [0, 0.1) is 5.82 Å². The maximum absolute atomic E-state index is 15.7. The van der Waals surface area contributed by atoms with Crippen molar-refractivity contribution in [1.29, 1.82) is 0 Å². The summed E-state index contributed by atoms with van der Waals surface area (Å²) >= 11 is 0. The number of hydrogen-bond acceptors (Lipinski definition) is 8. The van der Waals surface area contributed by atoms with Gasteiger partial charge in [0.05, 0.1) is 5.69 Å². The van der Waals surface area contributed by atoms with Crippen molar-refractivity contribution in [3.8, 4) is 16.9 Å². The zero-order valence-corrected chi connectivity index (χ0v) is 19.4. The van der Waals surface area contributed by atoms with E-state index in [0.717, 1.165) is 36.9 Å². The minimum Gasteiger partial charge on any atom is -0.368 e. The van der Waals surface area contributed by atoms with Crippen molar-refractivity contribution in [3.05, 3.63) is 35.9 Å². The fourth-order valence-corrected chi connectivity index (χ4v) is 5.27. The van der Waals surface area contributed by atoms with Gasteiger partial charge in [-0.25, -0.2) is 14.1 Å². The Hall–Kier alpha value is -3.14. The van der Waals surface area contributed by atoms with Crippen LogP contribution in [0.4, 0.5) is 16.2 Å². The summed E-state index contributed by atoms with van der Waals surface area (Å²) in [6, 6.07) is 5.80. The lowest BCUT2D eigenvalue weighted by Crippen LogP contribution is -2.60. The van der Waals surface area contributed by atoms with E-state index in [4.69, 9.17) is 5.73 Å². The number of piperidine rings is 1. The van der Waals surface area contributed by atoms with Gasteiger partial charge in [-0.2, -0.15) is 4.98 Å². The Bertz CT molecular complexity index is 1150. The van der Waals surface area contributed by atoms with E-state index in [9.17, 15) is 0 Å². The molecule has 1 saturated heterocycles. The first-order chi connectivity index (χ1) is 15.6. The Balaban J connectivity index is 1.51. The summed E-state index contributed by atoms with van der Waals surface area (Å²) in [6.07, 6.45) is 5.45.